The van der Waals surface area contributed by atoms with Crippen LogP contribution in [0.1, 0.15) is 35.7 Å². The van der Waals surface area contributed by atoms with Crippen LogP contribution in [0.2, 0.25) is 0 Å². The van der Waals surface area contributed by atoms with Gasteiger partial charge in [-0.15, -0.1) is 10.2 Å². The molecule has 0 bridgehead atoms. The zero-order valence-electron chi connectivity index (χ0n) is 15.6. The van der Waals surface area contributed by atoms with Gasteiger partial charge in [-0.05, 0) is 60.0 Å². The first-order valence-corrected chi connectivity index (χ1v) is 9.83. The van der Waals surface area contributed by atoms with Gasteiger partial charge in [0.15, 0.2) is 0 Å². The Bertz CT molecular complexity index is 1150. The number of hydrogen-bond acceptors (Lipinski definition) is 3. The predicted molar refractivity (Wildman–Crippen MR) is 115 cm³/mol. The Balaban J connectivity index is 1.58. The highest BCUT2D eigenvalue weighted by Gasteiger charge is 2.10. The van der Waals surface area contributed by atoms with Crippen LogP contribution in [-0.4, -0.2) is 20.9 Å². The summed E-state index contributed by atoms with van der Waals surface area (Å²) in [6, 6.07) is 21.0. The number of halogens is 1. The van der Waals surface area contributed by atoms with Crippen LogP contribution in [0.25, 0.3) is 16.7 Å². The minimum absolute atomic E-state index is 0.169. The highest BCUT2D eigenvalue weighted by molar-refractivity contribution is 9.10. The van der Waals surface area contributed by atoms with Crippen molar-refractivity contribution in [1.29, 1.82) is 0 Å². The molecule has 0 atom stereocenters. The third-order valence-electron chi connectivity index (χ3n) is 4.52. The van der Waals surface area contributed by atoms with E-state index in [2.05, 4.69) is 57.4 Å². The molecule has 0 saturated carbocycles. The minimum atomic E-state index is -0.169. The van der Waals surface area contributed by atoms with E-state index < -0.39 is 0 Å². The van der Waals surface area contributed by atoms with E-state index in [1.54, 1.807) is 16.9 Å². The van der Waals surface area contributed by atoms with Crippen molar-refractivity contribution in [3.8, 4) is 5.69 Å². The lowest BCUT2D eigenvalue weighted by atomic mass is 10.0. The number of benzene rings is 3. The monoisotopic (exact) mass is 434 g/mol. The molecule has 0 spiro atoms. The molecule has 1 heterocycles. The number of amides is 1. The normalized spacial score (nSPS) is 11.1. The molecule has 0 aliphatic rings. The second-order valence-corrected chi connectivity index (χ2v) is 7.82. The Morgan fingerprint density at radius 3 is 2.43 bits per heavy atom. The topological polar surface area (TPSA) is 59.8 Å². The molecular weight excluding hydrogens is 416 g/mol. The van der Waals surface area contributed by atoms with E-state index in [0.29, 0.717) is 17.2 Å². The summed E-state index contributed by atoms with van der Waals surface area (Å²) in [5.74, 6) is 0.312. The van der Waals surface area contributed by atoms with Crippen LogP contribution in [0.4, 0.5) is 5.69 Å². The average Bonchev–Trinajstić information content (AvgIpc) is 3.11. The van der Waals surface area contributed by atoms with Crippen LogP contribution >= 0.6 is 15.9 Å². The Morgan fingerprint density at radius 2 is 1.71 bits per heavy atom. The lowest BCUT2D eigenvalue weighted by Crippen LogP contribution is -2.11. The zero-order valence-corrected chi connectivity index (χ0v) is 17.1. The molecule has 28 heavy (non-hydrogen) atoms. The smallest absolute Gasteiger partial charge is 0.255 e. The van der Waals surface area contributed by atoms with Gasteiger partial charge in [-0.25, -0.2) is 0 Å². The fraction of sp³-hybridized carbons (Fsp3) is 0.136. The maximum atomic E-state index is 12.4. The van der Waals surface area contributed by atoms with E-state index in [1.165, 1.54) is 5.56 Å². The van der Waals surface area contributed by atoms with Gasteiger partial charge < -0.3 is 5.32 Å². The largest absolute Gasteiger partial charge is 0.322 e. The maximum absolute atomic E-state index is 12.4. The fourth-order valence-corrected chi connectivity index (χ4v) is 3.33. The molecule has 0 aliphatic carbocycles. The minimum Gasteiger partial charge on any atom is -0.322 e. The van der Waals surface area contributed by atoms with Gasteiger partial charge in [0.05, 0.1) is 5.69 Å². The first-order chi connectivity index (χ1) is 13.5. The first-order valence-electron chi connectivity index (χ1n) is 9.04. The number of hydrogen-bond donors (Lipinski definition) is 1. The standard InChI is InChI=1S/C22H19BrN4O/c1-14(2)15-6-9-19(10-7-15)27-25-20-11-8-18(13-21(20)26-27)24-22(28)16-4-3-5-17(23)12-16/h3-14H,1-2H3,(H,24,28). The Kier molecular flexibility index (Phi) is 4.96. The van der Waals surface area contributed by atoms with Gasteiger partial charge in [0, 0.05) is 15.7 Å². The number of nitrogens with zero attached hydrogens (tertiary/aromatic N) is 3. The Hall–Kier alpha value is -2.99. The molecule has 0 radical (unpaired) electrons. The van der Waals surface area contributed by atoms with Crippen molar-refractivity contribution >= 4 is 38.6 Å². The van der Waals surface area contributed by atoms with Crippen molar-refractivity contribution in [3.63, 3.8) is 0 Å². The number of fused-ring (bicyclic) bond motifs is 1. The van der Waals surface area contributed by atoms with E-state index in [1.807, 2.05) is 42.5 Å². The number of carbonyl (C=O) groups excluding carboxylic acids is 1. The van der Waals surface area contributed by atoms with E-state index in [9.17, 15) is 4.79 Å². The van der Waals surface area contributed by atoms with Crippen molar-refractivity contribution in [2.45, 2.75) is 19.8 Å². The SMILES string of the molecule is CC(C)c1ccc(-n2nc3ccc(NC(=O)c4cccc(Br)c4)cc3n2)cc1. The van der Waals surface area contributed by atoms with Crippen molar-refractivity contribution in [2.24, 2.45) is 0 Å². The highest BCUT2D eigenvalue weighted by Crippen LogP contribution is 2.20. The second kappa shape index (κ2) is 7.56. The zero-order chi connectivity index (χ0) is 19.7. The molecule has 1 N–H and O–H groups in total. The van der Waals surface area contributed by atoms with E-state index in [-0.39, 0.29) is 5.91 Å². The summed E-state index contributed by atoms with van der Waals surface area (Å²) in [6.07, 6.45) is 0. The van der Waals surface area contributed by atoms with Crippen molar-refractivity contribution in [1.82, 2.24) is 15.0 Å². The van der Waals surface area contributed by atoms with Crippen LogP contribution in [0.15, 0.2) is 71.2 Å². The lowest BCUT2D eigenvalue weighted by molar-refractivity contribution is 0.102. The molecule has 5 nitrogen and oxygen atoms in total. The molecule has 4 rings (SSSR count). The molecule has 1 aromatic heterocycles. The van der Waals surface area contributed by atoms with Gasteiger partial charge in [0.1, 0.15) is 11.0 Å². The molecule has 0 fully saturated rings. The molecular formula is C22H19BrN4O. The van der Waals surface area contributed by atoms with Gasteiger partial charge >= 0.3 is 0 Å². The van der Waals surface area contributed by atoms with Crippen LogP contribution < -0.4 is 5.32 Å². The van der Waals surface area contributed by atoms with Crippen molar-refractivity contribution in [2.75, 3.05) is 5.32 Å². The average molecular weight is 435 g/mol. The highest BCUT2D eigenvalue weighted by atomic mass is 79.9. The summed E-state index contributed by atoms with van der Waals surface area (Å²) in [6.45, 7) is 4.33. The summed E-state index contributed by atoms with van der Waals surface area (Å²) >= 11 is 3.38. The van der Waals surface area contributed by atoms with Gasteiger partial charge in [-0.1, -0.05) is 48.0 Å². The van der Waals surface area contributed by atoms with Crippen LogP contribution in [0.3, 0.4) is 0 Å². The fourth-order valence-electron chi connectivity index (χ4n) is 2.93. The van der Waals surface area contributed by atoms with Gasteiger partial charge in [0.2, 0.25) is 0 Å². The second-order valence-electron chi connectivity index (χ2n) is 6.90. The van der Waals surface area contributed by atoms with E-state index >= 15 is 0 Å². The Labute approximate surface area is 171 Å². The van der Waals surface area contributed by atoms with E-state index in [0.717, 1.165) is 21.2 Å². The van der Waals surface area contributed by atoms with Crippen LogP contribution in [0, 0.1) is 0 Å². The number of nitrogens with one attached hydrogen (secondary N) is 1. The Morgan fingerprint density at radius 1 is 0.964 bits per heavy atom. The molecule has 0 aliphatic heterocycles. The van der Waals surface area contributed by atoms with Gasteiger partial charge in [0.25, 0.3) is 5.91 Å². The number of aromatic nitrogens is 3. The molecule has 3 aromatic carbocycles. The predicted octanol–water partition coefficient (Wildman–Crippen LogP) is 5.56. The maximum Gasteiger partial charge on any atom is 0.255 e. The molecule has 0 saturated heterocycles. The molecule has 0 unspecified atom stereocenters. The molecule has 1 amide bonds. The van der Waals surface area contributed by atoms with Crippen LogP contribution in [0.5, 0.6) is 0 Å². The summed E-state index contributed by atoms with van der Waals surface area (Å²) in [7, 11) is 0. The number of carbonyl (C=O) groups is 1. The summed E-state index contributed by atoms with van der Waals surface area (Å²) in [5.41, 5.74) is 4.94. The quantitative estimate of drug-likeness (QED) is 0.457. The third-order valence-corrected chi connectivity index (χ3v) is 5.01. The summed E-state index contributed by atoms with van der Waals surface area (Å²) < 4.78 is 0.863. The summed E-state index contributed by atoms with van der Waals surface area (Å²) in [5, 5.41) is 12.0. The first kappa shape index (κ1) is 18.4. The van der Waals surface area contributed by atoms with E-state index in [4.69, 9.17) is 0 Å². The van der Waals surface area contributed by atoms with Crippen molar-refractivity contribution < 1.29 is 4.79 Å². The third kappa shape index (κ3) is 3.82. The molecule has 6 heteroatoms. The summed E-state index contributed by atoms with van der Waals surface area (Å²) in [4.78, 5) is 14.1. The number of anilines is 1. The van der Waals surface area contributed by atoms with Crippen LogP contribution in [-0.2, 0) is 0 Å². The molecule has 4 aromatic rings. The number of rotatable bonds is 4. The van der Waals surface area contributed by atoms with Gasteiger partial charge in [-0.3, -0.25) is 4.79 Å². The lowest BCUT2D eigenvalue weighted by Gasteiger charge is -2.05. The van der Waals surface area contributed by atoms with Gasteiger partial charge in [-0.2, -0.15) is 4.80 Å². The molecule has 140 valence electrons. The van der Waals surface area contributed by atoms with Crippen molar-refractivity contribution in [3.05, 3.63) is 82.3 Å².